The Morgan fingerprint density at radius 2 is 1.91 bits per heavy atom. The minimum atomic E-state index is -0.878. The number of aromatic nitrogens is 3. The zero-order chi connectivity index (χ0) is 31.3. The quantitative estimate of drug-likeness (QED) is 0.250. The zero-order valence-corrected chi connectivity index (χ0v) is 24.3. The van der Waals surface area contributed by atoms with Crippen LogP contribution < -0.4 is 9.64 Å². The Bertz CT molecular complexity index is 1850. The van der Waals surface area contributed by atoms with Crippen LogP contribution in [0.3, 0.4) is 0 Å². The number of carbonyl (C=O) groups is 2. The molecule has 2 aromatic heterocycles. The molecular weight excluding hydrogens is 572 g/mol. The molecule has 6 rings (SSSR count). The molecule has 0 aliphatic carbocycles. The standard InChI is InChI=1S/C32H29F2N5O5/c1-5-21-24(33)9-6-17-12-20(41)13-22(25(17)21)27-26(34)28-23(14-35-27)29(37-30(36-28)43-11-10-40)38-15-18-7-8-19(16-38)39(18)31(42)44-32(2,3)4/h1,6,9-10,12-14,18-19,41H,7-8,11,15-16H2,2-4H3/t18-,19+. The number of amides is 1. The zero-order valence-electron chi connectivity index (χ0n) is 24.3. The largest absolute Gasteiger partial charge is 0.508 e. The number of hydrogen-bond donors (Lipinski definition) is 1. The third-order valence-electron chi connectivity index (χ3n) is 7.76. The SMILES string of the molecule is C#Cc1c(F)ccc2cc(O)cc(-c3ncc4c(N5C[C@H]6CC[C@@H](C5)N6C(=O)OC(C)(C)C)nc(OCC=O)nc4c3F)c12. The van der Waals surface area contributed by atoms with Gasteiger partial charge in [0.15, 0.2) is 12.1 Å². The Labute approximate surface area is 251 Å². The van der Waals surface area contributed by atoms with Crippen molar-refractivity contribution >= 4 is 39.9 Å². The molecule has 12 heteroatoms. The second-order valence-corrected chi connectivity index (χ2v) is 11.8. The fourth-order valence-electron chi connectivity index (χ4n) is 6.07. The monoisotopic (exact) mass is 601 g/mol. The molecule has 10 nitrogen and oxygen atoms in total. The van der Waals surface area contributed by atoms with E-state index in [0.717, 1.165) is 12.8 Å². The second kappa shape index (κ2) is 10.9. The molecule has 1 amide bonds. The molecule has 0 unspecified atom stereocenters. The lowest BCUT2D eigenvalue weighted by Crippen LogP contribution is -2.57. The number of ether oxygens (including phenoxy) is 2. The van der Waals surface area contributed by atoms with Crippen LogP contribution in [0.2, 0.25) is 0 Å². The fraction of sp³-hybridized carbons (Fsp3) is 0.344. The Kier molecular flexibility index (Phi) is 7.19. The van der Waals surface area contributed by atoms with Gasteiger partial charge < -0.3 is 19.5 Å². The molecule has 2 fully saturated rings. The van der Waals surface area contributed by atoms with Crippen LogP contribution in [0.4, 0.5) is 19.4 Å². The highest BCUT2D eigenvalue weighted by atomic mass is 19.1. The number of phenols is 1. The topological polar surface area (TPSA) is 118 Å². The summed E-state index contributed by atoms with van der Waals surface area (Å²) in [7, 11) is 0. The van der Waals surface area contributed by atoms with Crippen molar-refractivity contribution in [3.8, 4) is 35.4 Å². The van der Waals surface area contributed by atoms with Crippen molar-refractivity contribution in [2.45, 2.75) is 51.3 Å². The molecule has 2 bridgehead atoms. The number of pyridine rings is 1. The molecule has 0 saturated carbocycles. The Balaban J connectivity index is 1.47. The van der Waals surface area contributed by atoms with E-state index in [2.05, 4.69) is 20.9 Å². The third kappa shape index (κ3) is 5.08. The number of fused-ring (bicyclic) bond motifs is 4. The average Bonchev–Trinajstić information content (AvgIpc) is 3.24. The average molecular weight is 602 g/mol. The number of halogens is 2. The van der Waals surface area contributed by atoms with E-state index in [1.54, 1.807) is 4.90 Å². The van der Waals surface area contributed by atoms with Gasteiger partial charge in [0.05, 0.1) is 23.0 Å². The lowest BCUT2D eigenvalue weighted by molar-refractivity contribution is -0.109. The van der Waals surface area contributed by atoms with E-state index in [9.17, 15) is 19.1 Å². The predicted octanol–water partition coefficient (Wildman–Crippen LogP) is 4.98. The first kappa shape index (κ1) is 29.0. The van der Waals surface area contributed by atoms with Crippen LogP contribution in [-0.4, -0.2) is 74.7 Å². The van der Waals surface area contributed by atoms with Crippen LogP contribution in [-0.2, 0) is 9.53 Å². The number of terminal acetylenes is 1. The molecule has 4 heterocycles. The molecule has 2 aliphatic rings. The number of piperazine rings is 1. The van der Waals surface area contributed by atoms with Crippen LogP contribution in [0.15, 0.2) is 30.5 Å². The predicted molar refractivity (Wildman–Crippen MR) is 158 cm³/mol. The van der Waals surface area contributed by atoms with Gasteiger partial charge in [-0.2, -0.15) is 9.97 Å². The summed E-state index contributed by atoms with van der Waals surface area (Å²) in [5.41, 5.74) is -1.04. The van der Waals surface area contributed by atoms with E-state index in [1.807, 2.05) is 25.7 Å². The highest BCUT2D eigenvalue weighted by molar-refractivity contribution is 6.03. The van der Waals surface area contributed by atoms with Crippen LogP contribution in [0.1, 0.15) is 39.2 Å². The Morgan fingerprint density at radius 1 is 1.18 bits per heavy atom. The molecule has 2 saturated heterocycles. The number of rotatable bonds is 5. The maximum absolute atomic E-state index is 16.5. The lowest BCUT2D eigenvalue weighted by Gasteiger charge is -2.42. The number of phenolic OH excluding ortho intramolecular Hbond substituents is 1. The van der Waals surface area contributed by atoms with Crippen molar-refractivity contribution < 1.29 is 33.0 Å². The van der Waals surface area contributed by atoms with Crippen molar-refractivity contribution in [3.63, 3.8) is 0 Å². The van der Waals surface area contributed by atoms with Crippen LogP contribution in [0, 0.1) is 24.0 Å². The molecule has 2 aliphatic heterocycles. The minimum Gasteiger partial charge on any atom is -0.508 e. The lowest BCUT2D eigenvalue weighted by atomic mass is 9.96. The van der Waals surface area contributed by atoms with Gasteiger partial charge in [0, 0.05) is 30.2 Å². The molecule has 2 atom stereocenters. The maximum Gasteiger partial charge on any atom is 0.410 e. The molecule has 0 radical (unpaired) electrons. The molecule has 4 aromatic rings. The third-order valence-corrected chi connectivity index (χ3v) is 7.76. The number of aromatic hydroxyl groups is 1. The normalized spacial score (nSPS) is 18.0. The number of benzene rings is 2. The molecular formula is C32H29F2N5O5. The summed E-state index contributed by atoms with van der Waals surface area (Å²) >= 11 is 0. The van der Waals surface area contributed by atoms with Gasteiger partial charge in [-0.25, -0.2) is 13.6 Å². The first-order chi connectivity index (χ1) is 21.0. The van der Waals surface area contributed by atoms with Gasteiger partial charge in [-0.05, 0) is 57.2 Å². The first-order valence-electron chi connectivity index (χ1n) is 14.1. The molecule has 1 N–H and O–H groups in total. The van der Waals surface area contributed by atoms with E-state index in [4.69, 9.17) is 15.9 Å². The number of nitrogens with zero attached hydrogens (tertiary/aromatic N) is 5. The highest BCUT2D eigenvalue weighted by Gasteiger charge is 2.45. The van der Waals surface area contributed by atoms with E-state index in [0.29, 0.717) is 30.6 Å². The summed E-state index contributed by atoms with van der Waals surface area (Å²) in [6.07, 6.45) is 8.67. The van der Waals surface area contributed by atoms with Gasteiger partial charge in [-0.1, -0.05) is 12.0 Å². The Morgan fingerprint density at radius 3 is 2.57 bits per heavy atom. The smallest absolute Gasteiger partial charge is 0.410 e. The summed E-state index contributed by atoms with van der Waals surface area (Å²) < 4.78 is 42.3. The summed E-state index contributed by atoms with van der Waals surface area (Å²) in [6, 6.07) is 4.71. The van der Waals surface area contributed by atoms with Gasteiger partial charge >= 0.3 is 12.1 Å². The molecule has 44 heavy (non-hydrogen) atoms. The second-order valence-electron chi connectivity index (χ2n) is 11.8. The van der Waals surface area contributed by atoms with Crippen LogP contribution in [0.5, 0.6) is 11.8 Å². The summed E-state index contributed by atoms with van der Waals surface area (Å²) in [6.45, 7) is 5.87. The summed E-state index contributed by atoms with van der Waals surface area (Å²) in [4.78, 5) is 40.9. The van der Waals surface area contributed by atoms with Crippen molar-refractivity contribution in [2.24, 2.45) is 0 Å². The number of hydrogen-bond acceptors (Lipinski definition) is 9. The van der Waals surface area contributed by atoms with Gasteiger partial charge in [-0.3, -0.25) is 14.7 Å². The molecule has 2 aromatic carbocycles. The molecule has 226 valence electrons. The maximum atomic E-state index is 16.5. The minimum absolute atomic E-state index is 0.0754. The van der Waals surface area contributed by atoms with E-state index in [-0.39, 0.29) is 69.7 Å². The van der Waals surface area contributed by atoms with Gasteiger partial charge in [0.2, 0.25) is 0 Å². The van der Waals surface area contributed by atoms with E-state index < -0.39 is 17.2 Å². The fourth-order valence-corrected chi connectivity index (χ4v) is 6.07. The van der Waals surface area contributed by atoms with Crippen molar-refractivity contribution in [3.05, 3.63) is 47.7 Å². The van der Waals surface area contributed by atoms with Crippen LogP contribution in [0.25, 0.3) is 32.9 Å². The van der Waals surface area contributed by atoms with E-state index in [1.165, 1.54) is 30.5 Å². The number of aldehydes is 1. The van der Waals surface area contributed by atoms with Crippen molar-refractivity contribution in [1.29, 1.82) is 0 Å². The first-order valence-corrected chi connectivity index (χ1v) is 14.1. The Hall–Kier alpha value is -5.05. The van der Waals surface area contributed by atoms with E-state index >= 15 is 4.39 Å². The van der Waals surface area contributed by atoms with Crippen LogP contribution >= 0.6 is 0 Å². The van der Waals surface area contributed by atoms with Crippen molar-refractivity contribution in [2.75, 3.05) is 24.6 Å². The number of carbonyl (C=O) groups excluding carboxylic acids is 2. The highest BCUT2D eigenvalue weighted by Crippen LogP contribution is 2.40. The number of anilines is 1. The summed E-state index contributed by atoms with van der Waals surface area (Å²) in [5.74, 6) is 0.892. The van der Waals surface area contributed by atoms with Gasteiger partial charge in [0.1, 0.15) is 40.8 Å². The summed E-state index contributed by atoms with van der Waals surface area (Å²) in [5, 5.41) is 11.3. The van der Waals surface area contributed by atoms with Gasteiger partial charge in [-0.15, -0.1) is 6.42 Å². The van der Waals surface area contributed by atoms with Crippen molar-refractivity contribution in [1.82, 2.24) is 19.9 Å². The molecule has 0 spiro atoms. The van der Waals surface area contributed by atoms with Gasteiger partial charge in [0.25, 0.3) is 0 Å².